The largest absolute Gasteiger partial charge is 0.196 e. The summed E-state index contributed by atoms with van der Waals surface area (Å²) < 4.78 is 0. The van der Waals surface area contributed by atoms with Crippen LogP contribution in [0.2, 0.25) is 15.1 Å². The van der Waals surface area contributed by atoms with E-state index in [1.807, 2.05) is 18.2 Å². The van der Waals surface area contributed by atoms with Crippen LogP contribution in [-0.4, -0.2) is 15.0 Å². The van der Waals surface area contributed by atoms with Crippen molar-refractivity contribution in [1.29, 1.82) is 5.26 Å². The summed E-state index contributed by atoms with van der Waals surface area (Å²) in [6, 6.07) is 14.4. The fourth-order valence-corrected chi connectivity index (χ4v) is 2.77. The second-order valence-electron chi connectivity index (χ2n) is 4.72. The quantitative estimate of drug-likeness (QED) is 0.651. The Bertz CT molecular complexity index is 895. The number of hydrogen-bond acceptors (Lipinski definition) is 3. The van der Waals surface area contributed by atoms with E-state index in [1.165, 1.54) is 4.80 Å². The highest BCUT2D eigenvalue weighted by Gasteiger charge is 2.17. The van der Waals surface area contributed by atoms with E-state index in [0.717, 1.165) is 5.56 Å². The van der Waals surface area contributed by atoms with Crippen LogP contribution in [0, 0.1) is 11.3 Å². The molecule has 7 heteroatoms. The molecule has 0 amide bonds. The van der Waals surface area contributed by atoms with Gasteiger partial charge < -0.3 is 0 Å². The average molecular weight is 364 g/mol. The predicted octanol–water partition coefficient (Wildman–Crippen LogP) is 5.10. The highest BCUT2D eigenvalue weighted by atomic mass is 35.5. The molecule has 3 aromatic rings. The van der Waals surface area contributed by atoms with Gasteiger partial charge in [-0.2, -0.15) is 20.3 Å². The van der Waals surface area contributed by atoms with E-state index in [2.05, 4.69) is 10.2 Å². The molecule has 1 heterocycles. The molecule has 1 aromatic heterocycles. The van der Waals surface area contributed by atoms with E-state index in [4.69, 9.17) is 40.1 Å². The van der Waals surface area contributed by atoms with Crippen LogP contribution in [-0.2, 0) is 6.54 Å². The summed E-state index contributed by atoms with van der Waals surface area (Å²) in [6.45, 7) is 0.0474. The minimum Gasteiger partial charge on any atom is -0.196 e. The topological polar surface area (TPSA) is 54.5 Å². The molecular weight excluding hydrogens is 355 g/mol. The molecule has 2 aromatic carbocycles. The standard InChI is InChI=1S/C16H9Cl3N4/c17-11-3-1-10(2-4-11)15-16(22-23(21-15)8-7-20)13-6-5-12(18)9-14(13)19/h1-6,9H,8H2. The normalized spacial score (nSPS) is 10.5. The van der Waals surface area contributed by atoms with Crippen LogP contribution in [0.25, 0.3) is 22.5 Å². The van der Waals surface area contributed by atoms with Crippen molar-refractivity contribution in [2.75, 3.05) is 0 Å². The lowest BCUT2D eigenvalue weighted by molar-refractivity contribution is 0.611. The van der Waals surface area contributed by atoms with Gasteiger partial charge in [0.05, 0.1) is 11.1 Å². The van der Waals surface area contributed by atoms with Crippen molar-refractivity contribution in [3.8, 4) is 28.6 Å². The molecular formula is C16H9Cl3N4. The Kier molecular flexibility index (Phi) is 4.53. The molecule has 23 heavy (non-hydrogen) atoms. The number of nitrogens with zero attached hydrogens (tertiary/aromatic N) is 4. The first-order chi connectivity index (χ1) is 11.1. The molecule has 114 valence electrons. The highest BCUT2D eigenvalue weighted by Crippen LogP contribution is 2.35. The van der Waals surface area contributed by atoms with Crippen molar-refractivity contribution in [2.24, 2.45) is 0 Å². The molecule has 0 radical (unpaired) electrons. The van der Waals surface area contributed by atoms with E-state index in [-0.39, 0.29) is 6.54 Å². The highest BCUT2D eigenvalue weighted by molar-refractivity contribution is 6.36. The van der Waals surface area contributed by atoms with Gasteiger partial charge in [0.25, 0.3) is 0 Å². The summed E-state index contributed by atoms with van der Waals surface area (Å²) in [5, 5.41) is 19.3. The third kappa shape index (κ3) is 3.32. The predicted molar refractivity (Wildman–Crippen MR) is 91.5 cm³/mol. The maximum absolute atomic E-state index is 8.88. The zero-order valence-electron chi connectivity index (χ0n) is 11.7. The van der Waals surface area contributed by atoms with Crippen molar-refractivity contribution < 1.29 is 0 Å². The molecule has 0 aliphatic heterocycles. The van der Waals surface area contributed by atoms with E-state index in [9.17, 15) is 0 Å². The SMILES string of the molecule is N#CCn1nc(-c2ccc(Cl)cc2)c(-c2ccc(Cl)cc2Cl)n1. The van der Waals surface area contributed by atoms with E-state index in [1.54, 1.807) is 30.3 Å². The summed E-state index contributed by atoms with van der Waals surface area (Å²) in [4.78, 5) is 1.34. The van der Waals surface area contributed by atoms with Crippen LogP contribution in [0.15, 0.2) is 42.5 Å². The molecule has 0 saturated carbocycles. The zero-order valence-corrected chi connectivity index (χ0v) is 13.9. The third-order valence-corrected chi connectivity index (χ3v) is 3.97. The lowest BCUT2D eigenvalue weighted by Crippen LogP contribution is -2.00. The van der Waals surface area contributed by atoms with Crippen LogP contribution in [0.1, 0.15) is 0 Å². The maximum atomic E-state index is 8.88. The summed E-state index contributed by atoms with van der Waals surface area (Å²) in [6.07, 6.45) is 0. The summed E-state index contributed by atoms with van der Waals surface area (Å²) in [7, 11) is 0. The fraction of sp³-hybridized carbons (Fsp3) is 0.0625. The first-order valence-corrected chi connectivity index (χ1v) is 7.75. The number of rotatable bonds is 3. The molecule has 0 aliphatic rings. The van der Waals surface area contributed by atoms with Gasteiger partial charge in [0.15, 0.2) is 0 Å². The Balaban J connectivity index is 2.18. The van der Waals surface area contributed by atoms with Crippen molar-refractivity contribution in [3.63, 3.8) is 0 Å². The molecule has 4 nitrogen and oxygen atoms in total. The van der Waals surface area contributed by atoms with Gasteiger partial charge in [-0.15, -0.1) is 0 Å². The summed E-state index contributed by atoms with van der Waals surface area (Å²) in [5.74, 6) is 0. The van der Waals surface area contributed by atoms with Gasteiger partial charge in [0.1, 0.15) is 17.9 Å². The van der Waals surface area contributed by atoms with Crippen LogP contribution < -0.4 is 0 Å². The van der Waals surface area contributed by atoms with Gasteiger partial charge in [-0.05, 0) is 30.3 Å². The molecule has 3 rings (SSSR count). The Morgan fingerprint density at radius 2 is 1.57 bits per heavy atom. The van der Waals surface area contributed by atoms with Crippen molar-refractivity contribution >= 4 is 34.8 Å². The van der Waals surface area contributed by atoms with Gasteiger partial charge in [0.2, 0.25) is 0 Å². The fourth-order valence-electron chi connectivity index (χ4n) is 2.15. The second-order valence-corrected chi connectivity index (χ2v) is 6.00. The summed E-state index contributed by atoms with van der Waals surface area (Å²) in [5.41, 5.74) is 2.75. The van der Waals surface area contributed by atoms with Gasteiger partial charge in [0, 0.05) is 21.2 Å². The smallest absolute Gasteiger partial charge is 0.147 e. The maximum Gasteiger partial charge on any atom is 0.147 e. The Morgan fingerprint density at radius 3 is 2.22 bits per heavy atom. The van der Waals surface area contributed by atoms with Gasteiger partial charge in [-0.25, -0.2) is 0 Å². The van der Waals surface area contributed by atoms with Gasteiger partial charge in [-0.3, -0.25) is 0 Å². The van der Waals surface area contributed by atoms with Crippen molar-refractivity contribution in [1.82, 2.24) is 15.0 Å². The lowest BCUT2D eigenvalue weighted by Gasteiger charge is -2.04. The average Bonchev–Trinajstić information content (AvgIpc) is 2.92. The number of benzene rings is 2. The van der Waals surface area contributed by atoms with Crippen LogP contribution in [0.3, 0.4) is 0 Å². The first-order valence-electron chi connectivity index (χ1n) is 6.62. The molecule has 0 fully saturated rings. The summed E-state index contributed by atoms with van der Waals surface area (Å²) >= 11 is 18.2. The minimum absolute atomic E-state index is 0.0474. The number of halogens is 3. The van der Waals surface area contributed by atoms with Crippen molar-refractivity contribution in [2.45, 2.75) is 6.54 Å². The zero-order chi connectivity index (χ0) is 16.4. The molecule has 0 spiro atoms. The van der Waals surface area contributed by atoms with Crippen LogP contribution >= 0.6 is 34.8 Å². The number of hydrogen-bond donors (Lipinski definition) is 0. The Labute approximate surface area is 147 Å². The minimum atomic E-state index is 0.0474. The molecule has 0 bridgehead atoms. The first kappa shape index (κ1) is 15.8. The molecule has 0 aliphatic carbocycles. The van der Waals surface area contributed by atoms with Crippen LogP contribution in [0.5, 0.6) is 0 Å². The Hall–Kier alpha value is -2.06. The molecule has 0 N–H and O–H groups in total. The lowest BCUT2D eigenvalue weighted by atomic mass is 10.1. The second kappa shape index (κ2) is 6.59. The van der Waals surface area contributed by atoms with Crippen LogP contribution in [0.4, 0.5) is 0 Å². The number of aromatic nitrogens is 3. The van der Waals surface area contributed by atoms with E-state index >= 15 is 0 Å². The Morgan fingerprint density at radius 1 is 0.913 bits per heavy atom. The molecule has 0 unspecified atom stereocenters. The van der Waals surface area contributed by atoms with E-state index in [0.29, 0.717) is 32.0 Å². The van der Waals surface area contributed by atoms with Gasteiger partial charge >= 0.3 is 0 Å². The number of nitriles is 1. The molecule has 0 saturated heterocycles. The van der Waals surface area contributed by atoms with E-state index < -0.39 is 0 Å². The monoisotopic (exact) mass is 362 g/mol. The molecule has 0 atom stereocenters. The third-order valence-electron chi connectivity index (χ3n) is 3.17. The van der Waals surface area contributed by atoms with Crippen molar-refractivity contribution in [3.05, 3.63) is 57.5 Å². The van der Waals surface area contributed by atoms with Gasteiger partial charge in [-0.1, -0.05) is 46.9 Å².